The molecule has 0 saturated heterocycles. The molecule has 0 aromatic carbocycles. The van der Waals surface area contributed by atoms with Crippen molar-refractivity contribution in [3.8, 4) is 0 Å². The molecule has 0 radical (unpaired) electrons. The van der Waals surface area contributed by atoms with Crippen molar-refractivity contribution in [2.24, 2.45) is 11.3 Å². The number of carboxylic acids is 1. The molecule has 21 heavy (non-hydrogen) atoms. The lowest BCUT2D eigenvalue weighted by atomic mass is 9.57. The predicted octanol–water partition coefficient (Wildman–Crippen LogP) is 2.10. The third-order valence-electron chi connectivity index (χ3n) is 6.20. The minimum absolute atomic E-state index is 0.117. The van der Waals surface area contributed by atoms with Gasteiger partial charge in [0.25, 0.3) is 0 Å². The SMILES string of the molecule is COC1CCC1CC(=O)NC12CCC(C(=O)O)(CC1)CC2. The van der Waals surface area contributed by atoms with Gasteiger partial charge >= 0.3 is 5.97 Å². The Morgan fingerprint density at radius 2 is 1.76 bits per heavy atom. The highest BCUT2D eigenvalue weighted by Gasteiger charge is 2.53. The van der Waals surface area contributed by atoms with Crippen molar-refractivity contribution >= 4 is 11.9 Å². The quantitative estimate of drug-likeness (QED) is 0.814. The molecule has 0 aromatic heterocycles. The van der Waals surface area contributed by atoms with E-state index in [9.17, 15) is 14.7 Å². The smallest absolute Gasteiger partial charge is 0.309 e. The molecule has 0 aromatic rings. The van der Waals surface area contributed by atoms with E-state index in [4.69, 9.17) is 4.74 Å². The largest absolute Gasteiger partial charge is 0.481 e. The second-order valence-corrected chi connectivity index (χ2v) is 7.23. The summed E-state index contributed by atoms with van der Waals surface area (Å²) >= 11 is 0. The molecule has 0 heterocycles. The first-order chi connectivity index (χ1) is 9.99. The molecule has 0 spiro atoms. The van der Waals surface area contributed by atoms with Crippen molar-refractivity contribution in [2.75, 3.05) is 7.11 Å². The summed E-state index contributed by atoms with van der Waals surface area (Å²) in [5.41, 5.74) is -0.651. The first kappa shape index (κ1) is 14.8. The number of carbonyl (C=O) groups is 2. The minimum Gasteiger partial charge on any atom is -0.481 e. The van der Waals surface area contributed by atoms with Gasteiger partial charge in [0.2, 0.25) is 5.91 Å². The Hall–Kier alpha value is -1.10. The number of nitrogens with one attached hydrogen (secondary N) is 1. The fourth-order valence-electron chi connectivity index (χ4n) is 4.36. The molecular weight excluding hydrogens is 270 g/mol. The van der Waals surface area contributed by atoms with E-state index in [0.717, 1.165) is 32.1 Å². The summed E-state index contributed by atoms with van der Waals surface area (Å²) < 4.78 is 5.34. The van der Waals surface area contributed by atoms with Crippen molar-refractivity contribution in [1.29, 1.82) is 0 Å². The third-order valence-corrected chi connectivity index (χ3v) is 6.20. The topological polar surface area (TPSA) is 75.6 Å². The maximum atomic E-state index is 12.3. The third kappa shape index (κ3) is 2.56. The van der Waals surface area contributed by atoms with Crippen LogP contribution in [-0.2, 0) is 14.3 Å². The van der Waals surface area contributed by atoms with E-state index in [2.05, 4.69) is 5.32 Å². The number of carbonyl (C=O) groups excluding carboxylic acids is 1. The standard InChI is InChI=1S/C16H25NO4/c1-21-12-3-2-11(12)10-13(18)17-16-7-4-15(5-8-16,6-9-16)14(19)20/h11-12H,2-10H2,1H3,(H,17,18)(H,19,20). The number of hydrogen-bond donors (Lipinski definition) is 2. The van der Waals surface area contributed by atoms with Gasteiger partial charge in [-0.05, 0) is 57.3 Å². The number of ether oxygens (including phenoxy) is 1. The van der Waals surface area contributed by atoms with Crippen LogP contribution in [-0.4, -0.2) is 35.7 Å². The first-order valence-corrected chi connectivity index (χ1v) is 8.06. The van der Waals surface area contributed by atoms with Gasteiger partial charge in [-0.15, -0.1) is 0 Å². The number of aliphatic carboxylic acids is 1. The molecule has 4 rings (SSSR count). The van der Waals surface area contributed by atoms with Crippen LogP contribution >= 0.6 is 0 Å². The van der Waals surface area contributed by atoms with Gasteiger partial charge in [0.15, 0.2) is 0 Å². The van der Waals surface area contributed by atoms with Crippen molar-refractivity contribution in [2.45, 2.75) is 69.4 Å². The average Bonchev–Trinajstić information content (AvgIpc) is 2.45. The molecule has 5 heteroatoms. The molecule has 2 N–H and O–H groups in total. The molecule has 4 saturated carbocycles. The lowest BCUT2D eigenvalue weighted by molar-refractivity contribution is -0.157. The summed E-state index contributed by atoms with van der Waals surface area (Å²) in [6.07, 6.45) is 7.44. The van der Waals surface area contributed by atoms with E-state index in [0.29, 0.717) is 31.6 Å². The molecule has 2 atom stereocenters. The summed E-state index contributed by atoms with van der Waals surface area (Å²) in [5, 5.41) is 12.6. The molecular formula is C16H25NO4. The highest BCUT2D eigenvalue weighted by molar-refractivity contribution is 5.78. The molecule has 0 aliphatic heterocycles. The Bertz CT molecular complexity index is 421. The van der Waals surface area contributed by atoms with Crippen LogP contribution in [0.3, 0.4) is 0 Å². The number of rotatable bonds is 5. The Kier molecular flexibility index (Phi) is 3.72. The Morgan fingerprint density at radius 1 is 1.14 bits per heavy atom. The Balaban J connectivity index is 1.54. The maximum Gasteiger partial charge on any atom is 0.309 e. The van der Waals surface area contributed by atoms with Crippen molar-refractivity contribution in [1.82, 2.24) is 5.32 Å². The van der Waals surface area contributed by atoms with Gasteiger partial charge < -0.3 is 15.2 Å². The van der Waals surface area contributed by atoms with Crippen LogP contribution in [0.5, 0.6) is 0 Å². The Labute approximate surface area is 125 Å². The van der Waals surface area contributed by atoms with Crippen LogP contribution in [0.2, 0.25) is 0 Å². The first-order valence-electron chi connectivity index (χ1n) is 8.06. The minimum atomic E-state index is -0.653. The molecule has 118 valence electrons. The molecule has 5 nitrogen and oxygen atoms in total. The van der Waals surface area contributed by atoms with Crippen LogP contribution in [0.1, 0.15) is 57.8 Å². The van der Waals surface area contributed by atoms with Crippen molar-refractivity contribution in [3.63, 3.8) is 0 Å². The van der Waals surface area contributed by atoms with E-state index in [-0.39, 0.29) is 17.6 Å². The van der Waals surface area contributed by atoms with E-state index in [1.807, 2.05) is 0 Å². The molecule has 4 aliphatic carbocycles. The normalized spacial score (nSPS) is 41.4. The number of carboxylic acid groups (broad SMARTS) is 1. The van der Waals surface area contributed by atoms with Crippen molar-refractivity contribution in [3.05, 3.63) is 0 Å². The fraction of sp³-hybridized carbons (Fsp3) is 0.875. The van der Waals surface area contributed by atoms with Crippen LogP contribution in [0.25, 0.3) is 0 Å². The van der Waals surface area contributed by atoms with Gasteiger partial charge in [0, 0.05) is 19.1 Å². The molecule has 1 amide bonds. The van der Waals surface area contributed by atoms with Crippen LogP contribution in [0, 0.1) is 11.3 Å². The van der Waals surface area contributed by atoms with E-state index in [1.165, 1.54) is 0 Å². The number of hydrogen-bond acceptors (Lipinski definition) is 3. The highest BCUT2D eigenvalue weighted by Crippen LogP contribution is 2.52. The summed E-state index contributed by atoms with van der Waals surface area (Å²) in [6, 6.07) is 0. The molecule has 2 unspecified atom stereocenters. The number of methoxy groups -OCH3 is 1. The van der Waals surface area contributed by atoms with Crippen LogP contribution < -0.4 is 5.32 Å². The second kappa shape index (κ2) is 5.27. The zero-order chi connectivity index (χ0) is 15.1. The average molecular weight is 295 g/mol. The van der Waals surface area contributed by atoms with Crippen LogP contribution in [0.15, 0.2) is 0 Å². The zero-order valence-corrected chi connectivity index (χ0v) is 12.7. The maximum absolute atomic E-state index is 12.3. The zero-order valence-electron chi connectivity index (χ0n) is 12.7. The predicted molar refractivity (Wildman–Crippen MR) is 76.8 cm³/mol. The van der Waals surface area contributed by atoms with Gasteiger partial charge in [-0.2, -0.15) is 0 Å². The number of amides is 1. The summed E-state index contributed by atoms with van der Waals surface area (Å²) in [6.45, 7) is 0. The fourth-order valence-corrected chi connectivity index (χ4v) is 4.36. The number of fused-ring (bicyclic) bond motifs is 3. The highest BCUT2D eigenvalue weighted by atomic mass is 16.5. The van der Waals surface area contributed by atoms with E-state index < -0.39 is 11.4 Å². The van der Waals surface area contributed by atoms with Gasteiger partial charge in [-0.25, -0.2) is 0 Å². The lowest BCUT2D eigenvalue weighted by Crippen LogP contribution is -2.58. The summed E-state index contributed by atoms with van der Waals surface area (Å²) in [5.74, 6) is -0.178. The monoisotopic (exact) mass is 295 g/mol. The van der Waals surface area contributed by atoms with Gasteiger partial charge in [-0.3, -0.25) is 9.59 Å². The summed E-state index contributed by atoms with van der Waals surface area (Å²) in [7, 11) is 1.71. The van der Waals surface area contributed by atoms with Gasteiger partial charge in [-0.1, -0.05) is 0 Å². The lowest BCUT2D eigenvalue weighted by Gasteiger charge is -2.51. The second-order valence-electron chi connectivity index (χ2n) is 7.23. The molecule has 4 fully saturated rings. The van der Waals surface area contributed by atoms with Gasteiger partial charge in [0.1, 0.15) is 0 Å². The van der Waals surface area contributed by atoms with Gasteiger partial charge in [0.05, 0.1) is 11.5 Å². The van der Waals surface area contributed by atoms with Crippen LogP contribution in [0.4, 0.5) is 0 Å². The van der Waals surface area contributed by atoms with E-state index in [1.54, 1.807) is 7.11 Å². The summed E-state index contributed by atoms with van der Waals surface area (Å²) in [4.78, 5) is 23.7. The van der Waals surface area contributed by atoms with Crippen molar-refractivity contribution < 1.29 is 19.4 Å². The van der Waals surface area contributed by atoms with E-state index >= 15 is 0 Å². The molecule has 2 bridgehead atoms. The Morgan fingerprint density at radius 3 is 2.19 bits per heavy atom. The molecule has 4 aliphatic rings.